The number of hydrogen-bond acceptors (Lipinski definition) is 3. The second kappa shape index (κ2) is 5.94. The Morgan fingerprint density at radius 2 is 2.12 bits per heavy atom. The van der Waals surface area contributed by atoms with Gasteiger partial charge in [-0.05, 0) is 13.3 Å². The fourth-order valence-corrected chi connectivity index (χ4v) is 1.58. The predicted octanol–water partition coefficient (Wildman–Crippen LogP) is 0.608. The van der Waals surface area contributed by atoms with Gasteiger partial charge >= 0.3 is 5.69 Å². The molecule has 0 amide bonds. The van der Waals surface area contributed by atoms with Crippen LogP contribution in [-0.2, 0) is 13.0 Å². The molecular formula is C12H16N2O3. The zero-order valence-electron chi connectivity index (χ0n) is 10.0. The molecular weight excluding hydrogens is 220 g/mol. The third kappa shape index (κ3) is 3.00. The van der Waals surface area contributed by atoms with Gasteiger partial charge in [-0.3, -0.25) is 14.3 Å². The molecule has 0 unspecified atom stereocenters. The SMILES string of the molecule is CC#CCCn1c(O)c(CCC)c(=O)[nH]c1=O. The van der Waals surface area contributed by atoms with Crippen molar-refractivity contribution >= 4 is 0 Å². The molecule has 0 saturated carbocycles. The van der Waals surface area contributed by atoms with Gasteiger partial charge in [0.25, 0.3) is 5.56 Å². The fraction of sp³-hybridized carbons (Fsp3) is 0.500. The molecule has 0 aliphatic heterocycles. The molecule has 5 nitrogen and oxygen atoms in total. The Balaban J connectivity index is 3.19. The number of aromatic nitrogens is 2. The van der Waals surface area contributed by atoms with Crippen LogP contribution in [0, 0.1) is 11.8 Å². The van der Waals surface area contributed by atoms with E-state index in [9.17, 15) is 14.7 Å². The van der Waals surface area contributed by atoms with Crippen molar-refractivity contribution in [2.45, 2.75) is 39.7 Å². The average molecular weight is 236 g/mol. The number of nitrogens with one attached hydrogen (secondary N) is 1. The van der Waals surface area contributed by atoms with Crippen LogP contribution in [0.5, 0.6) is 5.88 Å². The summed E-state index contributed by atoms with van der Waals surface area (Å²) in [6.45, 7) is 3.88. The smallest absolute Gasteiger partial charge is 0.331 e. The minimum absolute atomic E-state index is 0.237. The summed E-state index contributed by atoms with van der Waals surface area (Å²) in [5.41, 5.74) is -0.839. The summed E-state index contributed by atoms with van der Waals surface area (Å²) in [4.78, 5) is 25.2. The Hall–Kier alpha value is -1.96. The van der Waals surface area contributed by atoms with E-state index in [0.717, 1.165) is 11.0 Å². The zero-order chi connectivity index (χ0) is 12.8. The minimum atomic E-state index is -0.592. The van der Waals surface area contributed by atoms with Crippen molar-refractivity contribution in [3.05, 3.63) is 26.4 Å². The van der Waals surface area contributed by atoms with Crippen LogP contribution in [0.2, 0.25) is 0 Å². The van der Waals surface area contributed by atoms with Crippen LogP contribution < -0.4 is 11.2 Å². The molecule has 92 valence electrons. The number of nitrogens with zero attached hydrogens (tertiary/aromatic N) is 1. The first-order chi connectivity index (χ1) is 8.11. The first-order valence-corrected chi connectivity index (χ1v) is 5.56. The lowest BCUT2D eigenvalue weighted by atomic mass is 10.2. The molecule has 0 aromatic carbocycles. The Morgan fingerprint density at radius 1 is 1.41 bits per heavy atom. The molecule has 0 aliphatic carbocycles. The van der Waals surface area contributed by atoms with Gasteiger partial charge in [-0.1, -0.05) is 13.3 Å². The van der Waals surface area contributed by atoms with Crippen molar-refractivity contribution in [2.24, 2.45) is 0 Å². The maximum atomic E-state index is 11.5. The highest BCUT2D eigenvalue weighted by Crippen LogP contribution is 2.11. The highest BCUT2D eigenvalue weighted by molar-refractivity contribution is 5.22. The van der Waals surface area contributed by atoms with E-state index in [1.54, 1.807) is 6.92 Å². The van der Waals surface area contributed by atoms with E-state index in [1.807, 2.05) is 6.92 Å². The van der Waals surface area contributed by atoms with Crippen molar-refractivity contribution in [2.75, 3.05) is 0 Å². The average Bonchev–Trinajstić information content (AvgIpc) is 2.29. The summed E-state index contributed by atoms with van der Waals surface area (Å²) in [5, 5.41) is 9.88. The first kappa shape index (κ1) is 13.1. The van der Waals surface area contributed by atoms with Crippen LogP contribution in [0.25, 0.3) is 0 Å². The largest absolute Gasteiger partial charge is 0.494 e. The first-order valence-electron chi connectivity index (χ1n) is 5.56. The standard InChI is InChI=1S/C12H16N2O3/c1-3-5-6-8-14-11(16)9(7-4-2)10(15)13-12(14)17/h16H,4,6-8H2,1-2H3,(H,13,15,17). The minimum Gasteiger partial charge on any atom is -0.494 e. The summed E-state index contributed by atoms with van der Waals surface area (Å²) < 4.78 is 1.15. The molecule has 1 heterocycles. The summed E-state index contributed by atoms with van der Waals surface area (Å²) in [5.74, 6) is 5.28. The van der Waals surface area contributed by atoms with E-state index in [-0.39, 0.29) is 18.0 Å². The van der Waals surface area contributed by atoms with Crippen molar-refractivity contribution in [3.63, 3.8) is 0 Å². The molecule has 1 aromatic rings. The van der Waals surface area contributed by atoms with E-state index in [0.29, 0.717) is 12.8 Å². The number of aromatic amines is 1. The van der Waals surface area contributed by atoms with Crippen molar-refractivity contribution in [1.29, 1.82) is 0 Å². The maximum Gasteiger partial charge on any atom is 0.331 e. The maximum absolute atomic E-state index is 11.5. The summed E-state index contributed by atoms with van der Waals surface area (Å²) in [6.07, 6.45) is 1.63. The van der Waals surface area contributed by atoms with Crippen LogP contribution in [0.15, 0.2) is 9.59 Å². The second-order valence-electron chi connectivity index (χ2n) is 3.64. The Morgan fingerprint density at radius 3 is 2.71 bits per heavy atom. The molecule has 1 aromatic heterocycles. The van der Waals surface area contributed by atoms with Gasteiger partial charge in [0.1, 0.15) is 0 Å². The van der Waals surface area contributed by atoms with Gasteiger partial charge in [0.15, 0.2) is 0 Å². The lowest BCUT2D eigenvalue weighted by molar-refractivity contribution is 0.394. The Labute approximate surface area is 99.1 Å². The van der Waals surface area contributed by atoms with Crippen molar-refractivity contribution in [3.8, 4) is 17.7 Å². The van der Waals surface area contributed by atoms with Crippen molar-refractivity contribution < 1.29 is 5.11 Å². The highest BCUT2D eigenvalue weighted by atomic mass is 16.3. The van der Waals surface area contributed by atoms with E-state index in [1.165, 1.54) is 0 Å². The molecule has 0 fully saturated rings. The van der Waals surface area contributed by atoms with E-state index in [2.05, 4.69) is 16.8 Å². The van der Waals surface area contributed by atoms with Crippen LogP contribution in [0.3, 0.4) is 0 Å². The van der Waals surface area contributed by atoms with E-state index < -0.39 is 11.2 Å². The molecule has 1 rings (SSSR count). The number of aromatic hydroxyl groups is 1. The third-order valence-corrected chi connectivity index (χ3v) is 2.40. The van der Waals surface area contributed by atoms with Crippen LogP contribution in [0.4, 0.5) is 0 Å². The molecule has 2 N–H and O–H groups in total. The normalized spacial score (nSPS) is 9.76. The summed E-state index contributed by atoms with van der Waals surface area (Å²) in [7, 11) is 0. The molecule has 0 bridgehead atoms. The van der Waals surface area contributed by atoms with Gasteiger partial charge < -0.3 is 5.11 Å². The number of rotatable bonds is 4. The monoisotopic (exact) mass is 236 g/mol. The van der Waals surface area contributed by atoms with Crippen LogP contribution >= 0.6 is 0 Å². The Kier molecular flexibility index (Phi) is 4.58. The van der Waals surface area contributed by atoms with Crippen LogP contribution in [0.1, 0.15) is 32.3 Å². The highest BCUT2D eigenvalue weighted by Gasteiger charge is 2.12. The second-order valence-corrected chi connectivity index (χ2v) is 3.64. The molecule has 17 heavy (non-hydrogen) atoms. The van der Waals surface area contributed by atoms with Gasteiger partial charge in [-0.2, -0.15) is 0 Å². The lowest BCUT2D eigenvalue weighted by Crippen LogP contribution is -2.32. The van der Waals surface area contributed by atoms with Gasteiger partial charge in [0, 0.05) is 13.0 Å². The van der Waals surface area contributed by atoms with Gasteiger partial charge in [0.2, 0.25) is 5.88 Å². The molecule has 0 aliphatic rings. The molecule has 5 heteroatoms. The van der Waals surface area contributed by atoms with Crippen molar-refractivity contribution in [1.82, 2.24) is 9.55 Å². The number of hydrogen-bond donors (Lipinski definition) is 2. The van der Waals surface area contributed by atoms with E-state index >= 15 is 0 Å². The number of H-pyrrole nitrogens is 1. The molecule has 0 radical (unpaired) electrons. The topological polar surface area (TPSA) is 75.1 Å². The Bertz CT molecular complexity index is 558. The predicted molar refractivity (Wildman–Crippen MR) is 65.0 cm³/mol. The summed E-state index contributed by atoms with van der Waals surface area (Å²) in [6, 6.07) is 0. The molecule has 0 spiro atoms. The van der Waals surface area contributed by atoms with Gasteiger partial charge in [-0.15, -0.1) is 11.8 Å². The van der Waals surface area contributed by atoms with E-state index in [4.69, 9.17) is 0 Å². The molecule has 0 atom stereocenters. The lowest BCUT2D eigenvalue weighted by Gasteiger charge is -2.09. The summed E-state index contributed by atoms with van der Waals surface area (Å²) >= 11 is 0. The molecule has 0 saturated heterocycles. The zero-order valence-corrected chi connectivity index (χ0v) is 10.0. The van der Waals surface area contributed by atoms with Gasteiger partial charge in [0.05, 0.1) is 5.56 Å². The fourth-order valence-electron chi connectivity index (χ4n) is 1.58. The third-order valence-electron chi connectivity index (χ3n) is 2.40. The quantitative estimate of drug-likeness (QED) is 0.752. The van der Waals surface area contributed by atoms with Crippen LogP contribution in [-0.4, -0.2) is 14.7 Å². The van der Waals surface area contributed by atoms with Gasteiger partial charge in [-0.25, -0.2) is 4.79 Å².